The highest BCUT2D eigenvalue weighted by Crippen LogP contribution is 2.19. The molecule has 0 spiro atoms. The summed E-state index contributed by atoms with van der Waals surface area (Å²) in [5.41, 5.74) is 0. The topological polar surface area (TPSA) is 49.4 Å². The third kappa shape index (κ3) is 2.68. The molecule has 0 aromatic rings. The van der Waals surface area contributed by atoms with E-state index in [9.17, 15) is 9.59 Å². The lowest BCUT2D eigenvalue weighted by Gasteiger charge is -2.41. The van der Waals surface area contributed by atoms with E-state index < -0.39 is 0 Å². The van der Waals surface area contributed by atoms with Crippen LogP contribution in [0.15, 0.2) is 12.7 Å². The van der Waals surface area contributed by atoms with Crippen LogP contribution in [0.1, 0.15) is 40.0 Å². The van der Waals surface area contributed by atoms with Gasteiger partial charge in [-0.15, -0.1) is 6.58 Å². The number of hydrogen-bond acceptors (Lipinski definition) is 2. The fourth-order valence-electron chi connectivity index (χ4n) is 2.33. The third-order valence-corrected chi connectivity index (χ3v) is 3.29. The molecule has 0 aromatic heterocycles. The van der Waals surface area contributed by atoms with Crippen LogP contribution in [0, 0.1) is 0 Å². The molecule has 0 aliphatic carbocycles. The molecule has 1 heterocycles. The van der Waals surface area contributed by atoms with Crippen molar-refractivity contribution in [3.05, 3.63) is 12.7 Å². The lowest BCUT2D eigenvalue weighted by atomic mass is 10.00. The summed E-state index contributed by atoms with van der Waals surface area (Å²) in [6.07, 6.45) is 3.79. The van der Waals surface area contributed by atoms with E-state index in [1.807, 2.05) is 20.8 Å². The lowest BCUT2D eigenvalue weighted by molar-refractivity contribution is -0.152. The van der Waals surface area contributed by atoms with Gasteiger partial charge in [0.15, 0.2) is 0 Å². The molecular formula is C13H22N2O2. The van der Waals surface area contributed by atoms with Crippen molar-refractivity contribution < 1.29 is 9.59 Å². The number of nitrogens with one attached hydrogen (secondary N) is 1. The summed E-state index contributed by atoms with van der Waals surface area (Å²) in [4.78, 5) is 25.9. The second kappa shape index (κ2) is 5.84. The zero-order chi connectivity index (χ0) is 13.0. The first-order valence-corrected chi connectivity index (χ1v) is 6.30. The molecule has 1 saturated heterocycles. The Labute approximate surface area is 103 Å². The molecule has 3 unspecified atom stereocenters. The maximum Gasteiger partial charge on any atom is 0.246 e. The van der Waals surface area contributed by atoms with Crippen LogP contribution in [-0.4, -0.2) is 34.8 Å². The normalized spacial score (nSPS) is 26.6. The smallest absolute Gasteiger partial charge is 0.246 e. The molecule has 1 fully saturated rings. The van der Waals surface area contributed by atoms with E-state index in [1.165, 1.54) is 0 Å². The molecule has 0 aromatic carbocycles. The molecule has 1 aliphatic heterocycles. The molecule has 1 N–H and O–H groups in total. The number of piperazine rings is 1. The van der Waals surface area contributed by atoms with E-state index in [2.05, 4.69) is 11.9 Å². The van der Waals surface area contributed by atoms with Crippen LogP contribution < -0.4 is 5.32 Å². The van der Waals surface area contributed by atoms with Crippen LogP contribution in [-0.2, 0) is 9.59 Å². The van der Waals surface area contributed by atoms with Crippen molar-refractivity contribution in [1.82, 2.24) is 10.2 Å². The molecular weight excluding hydrogens is 216 g/mol. The van der Waals surface area contributed by atoms with Gasteiger partial charge >= 0.3 is 0 Å². The Morgan fingerprint density at radius 1 is 1.41 bits per heavy atom. The fraction of sp³-hybridized carbons (Fsp3) is 0.692. The number of nitrogens with zero attached hydrogens (tertiary/aromatic N) is 1. The summed E-state index contributed by atoms with van der Waals surface area (Å²) in [5.74, 6) is 0.00293. The highest BCUT2D eigenvalue weighted by molar-refractivity contribution is 5.97. The molecule has 1 rings (SSSR count). The van der Waals surface area contributed by atoms with E-state index >= 15 is 0 Å². The SMILES string of the molecule is C=CCC(C)N1C(=O)C(CC)NC(=O)C1CC. The standard InChI is InChI=1S/C13H22N2O2/c1-5-8-9(4)15-11(7-3)12(16)14-10(6-2)13(15)17/h5,9-11H,1,6-8H2,2-4H3,(H,14,16). The van der Waals surface area contributed by atoms with Crippen LogP contribution in [0.4, 0.5) is 0 Å². The number of carbonyl (C=O) groups excluding carboxylic acids is 2. The quantitative estimate of drug-likeness (QED) is 0.737. The Morgan fingerprint density at radius 2 is 2.06 bits per heavy atom. The average molecular weight is 238 g/mol. The zero-order valence-corrected chi connectivity index (χ0v) is 10.9. The van der Waals surface area contributed by atoms with Gasteiger partial charge < -0.3 is 10.2 Å². The van der Waals surface area contributed by atoms with Crippen LogP contribution >= 0.6 is 0 Å². The number of hydrogen-bond donors (Lipinski definition) is 1. The van der Waals surface area contributed by atoms with Gasteiger partial charge in [-0.3, -0.25) is 9.59 Å². The van der Waals surface area contributed by atoms with Gasteiger partial charge in [0, 0.05) is 6.04 Å². The number of amides is 2. The van der Waals surface area contributed by atoms with Gasteiger partial charge in [-0.1, -0.05) is 19.9 Å². The first-order chi connectivity index (χ1) is 8.06. The number of rotatable bonds is 5. The minimum absolute atomic E-state index is 0.0325. The molecule has 17 heavy (non-hydrogen) atoms. The summed E-state index contributed by atoms with van der Waals surface area (Å²) >= 11 is 0. The molecule has 4 heteroatoms. The number of carbonyl (C=O) groups is 2. The average Bonchev–Trinajstić information content (AvgIpc) is 2.31. The molecule has 0 radical (unpaired) electrons. The second-order valence-corrected chi connectivity index (χ2v) is 4.51. The van der Waals surface area contributed by atoms with E-state index in [0.29, 0.717) is 19.3 Å². The minimum Gasteiger partial charge on any atom is -0.343 e. The zero-order valence-electron chi connectivity index (χ0n) is 10.9. The molecule has 0 bridgehead atoms. The van der Waals surface area contributed by atoms with E-state index in [4.69, 9.17) is 0 Å². The van der Waals surface area contributed by atoms with Gasteiger partial charge in [-0.25, -0.2) is 0 Å². The van der Waals surface area contributed by atoms with E-state index in [0.717, 1.165) is 0 Å². The summed E-state index contributed by atoms with van der Waals surface area (Å²) < 4.78 is 0. The van der Waals surface area contributed by atoms with Gasteiger partial charge in [-0.05, 0) is 26.2 Å². The highest BCUT2D eigenvalue weighted by Gasteiger charge is 2.40. The van der Waals surface area contributed by atoms with E-state index in [-0.39, 0.29) is 29.9 Å². The summed E-state index contributed by atoms with van der Waals surface area (Å²) in [5, 5.41) is 2.79. The first kappa shape index (κ1) is 13.7. The third-order valence-electron chi connectivity index (χ3n) is 3.29. The Bertz CT molecular complexity index is 315. The van der Waals surface area contributed by atoms with Crippen molar-refractivity contribution in [2.24, 2.45) is 0 Å². The van der Waals surface area contributed by atoms with Gasteiger partial charge in [0.25, 0.3) is 0 Å². The van der Waals surface area contributed by atoms with Gasteiger partial charge in [0.1, 0.15) is 12.1 Å². The Hall–Kier alpha value is -1.32. The predicted molar refractivity (Wildman–Crippen MR) is 67.4 cm³/mol. The summed E-state index contributed by atoms with van der Waals surface area (Å²) in [6, 6.07) is -0.664. The second-order valence-electron chi connectivity index (χ2n) is 4.51. The fourth-order valence-corrected chi connectivity index (χ4v) is 2.33. The largest absolute Gasteiger partial charge is 0.343 e. The van der Waals surface area contributed by atoms with Crippen molar-refractivity contribution in [2.45, 2.75) is 58.2 Å². The van der Waals surface area contributed by atoms with Crippen molar-refractivity contribution in [2.75, 3.05) is 0 Å². The molecule has 3 atom stereocenters. The van der Waals surface area contributed by atoms with Crippen molar-refractivity contribution in [1.29, 1.82) is 0 Å². The summed E-state index contributed by atoms with van der Waals surface area (Å²) in [7, 11) is 0. The maximum atomic E-state index is 12.3. The maximum absolute atomic E-state index is 12.3. The monoisotopic (exact) mass is 238 g/mol. The van der Waals surface area contributed by atoms with Gasteiger partial charge in [-0.2, -0.15) is 0 Å². The molecule has 96 valence electrons. The highest BCUT2D eigenvalue weighted by atomic mass is 16.2. The first-order valence-electron chi connectivity index (χ1n) is 6.30. The summed E-state index contributed by atoms with van der Waals surface area (Å²) in [6.45, 7) is 9.49. The van der Waals surface area contributed by atoms with E-state index in [1.54, 1.807) is 11.0 Å². The minimum atomic E-state index is -0.363. The lowest BCUT2D eigenvalue weighted by Crippen LogP contribution is -2.64. The van der Waals surface area contributed by atoms with Crippen molar-refractivity contribution in [3.63, 3.8) is 0 Å². The molecule has 0 saturated carbocycles. The van der Waals surface area contributed by atoms with Crippen molar-refractivity contribution >= 4 is 11.8 Å². The van der Waals surface area contributed by atoms with Crippen LogP contribution in [0.25, 0.3) is 0 Å². The molecule has 1 aliphatic rings. The Kier molecular flexibility index (Phi) is 4.73. The molecule has 2 amide bonds. The van der Waals surface area contributed by atoms with Gasteiger partial charge in [0.05, 0.1) is 0 Å². The van der Waals surface area contributed by atoms with Crippen LogP contribution in [0.5, 0.6) is 0 Å². The predicted octanol–water partition coefficient (Wildman–Crippen LogP) is 1.47. The van der Waals surface area contributed by atoms with Crippen LogP contribution in [0.3, 0.4) is 0 Å². The Morgan fingerprint density at radius 3 is 2.53 bits per heavy atom. The Balaban J connectivity index is 2.95. The van der Waals surface area contributed by atoms with Gasteiger partial charge in [0.2, 0.25) is 11.8 Å². The van der Waals surface area contributed by atoms with Crippen molar-refractivity contribution in [3.8, 4) is 0 Å². The molecule has 4 nitrogen and oxygen atoms in total. The van der Waals surface area contributed by atoms with Crippen LogP contribution in [0.2, 0.25) is 0 Å².